The highest BCUT2D eigenvalue weighted by Crippen LogP contribution is 2.40. The summed E-state index contributed by atoms with van der Waals surface area (Å²) in [4.78, 5) is 33.3. The van der Waals surface area contributed by atoms with Crippen LogP contribution in [0.15, 0.2) is 59.4 Å². The average molecular weight is 489 g/mol. The van der Waals surface area contributed by atoms with Gasteiger partial charge in [-0.15, -0.1) is 11.3 Å². The van der Waals surface area contributed by atoms with Gasteiger partial charge in [0.1, 0.15) is 5.69 Å². The molecule has 0 radical (unpaired) electrons. The minimum absolute atomic E-state index is 0.187. The van der Waals surface area contributed by atoms with Crippen LogP contribution in [0.4, 0.5) is 23.7 Å². The highest BCUT2D eigenvalue weighted by atomic mass is 32.1. The fourth-order valence-electron chi connectivity index (χ4n) is 3.29. The van der Waals surface area contributed by atoms with Gasteiger partial charge in [0.05, 0.1) is 16.5 Å². The number of amides is 2. The molecule has 1 saturated carbocycles. The normalized spacial score (nSPS) is 16.9. The summed E-state index contributed by atoms with van der Waals surface area (Å²) in [5, 5.41) is 15.0. The fraction of sp³-hybridized carbons (Fsp3) is 0.182. The van der Waals surface area contributed by atoms with Gasteiger partial charge in [0.15, 0.2) is 5.82 Å². The van der Waals surface area contributed by atoms with E-state index in [4.69, 9.17) is 9.90 Å². The Labute approximate surface area is 194 Å². The summed E-state index contributed by atoms with van der Waals surface area (Å²) in [5.41, 5.74) is 6.30. The summed E-state index contributed by atoms with van der Waals surface area (Å²) in [6.07, 6.45) is -4.10. The number of benzene rings is 2. The Kier molecular flexibility index (Phi) is 6.50. The molecule has 2 atom stereocenters. The number of hydrogen-bond donors (Lipinski definition) is 4. The molecule has 34 heavy (non-hydrogen) atoms. The number of urea groups is 1. The molecular formula is C22H18F3N5O3S. The summed E-state index contributed by atoms with van der Waals surface area (Å²) >= 11 is 1.53. The van der Waals surface area contributed by atoms with E-state index in [0.29, 0.717) is 11.6 Å². The third kappa shape index (κ3) is 5.70. The summed E-state index contributed by atoms with van der Waals surface area (Å²) < 4.78 is 31.7. The number of carbonyl (C=O) groups is 2. The molecule has 2 heterocycles. The van der Waals surface area contributed by atoms with Crippen LogP contribution >= 0.6 is 11.3 Å². The van der Waals surface area contributed by atoms with Crippen molar-refractivity contribution in [3.8, 4) is 11.5 Å². The summed E-state index contributed by atoms with van der Waals surface area (Å²) in [6.45, 7) is 0. The van der Waals surface area contributed by atoms with Crippen molar-refractivity contribution >= 4 is 40.1 Å². The average Bonchev–Trinajstić information content (AvgIpc) is 3.17. The minimum Gasteiger partial charge on any atom is -0.475 e. The largest absolute Gasteiger partial charge is 0.490 e. The van der Waals surface area contributed by atoms with Gasteiger partial charge in [-0.1, -0.05) is 30.3 Å². The van der Waals surface area contributed by atoms with Crippen LogP contribution in [-0.4, -0.2) is 44.3 Å². The monoisotopic (exact) mass is 489 g/mol. The Morgan fingerprint density at radius 3 is 2.53 bits per heavy atom. The van der Waals surface area contributed by atoms with Crippen molar-refractivity contribution in [3.05, 3.63) is 65.0 Å². The second-order valence-corrected chi connectivity index (χ2v) is 8.17. The smallest absolute Gasteiger partial charge is 0.475 e. The van der Waals surface area contributed by atoms with E-state index in [0.717, 1.165) is 29.0 Å². The van der Waals surface area contributed by atoms with Crippen LogP contribution in [0.5, 0.6) is 0 Å². The molecule has 1 fully saturated rings. The van der Waals surface area contributed by atoms with Gasteiger partial charge in [-0.25, -0.2) is 19.6 Å². The van der Waals surface area contributed by atoms with Gasteiger partial charge in [0.25, 0.3) is 0 Å². The number of aromatic nitrogens is 3. The highest BCUT2D eigenvalue weighted by molar-refractivity contribution is 7.07. The van der Waals surface area contributed by atoms with E-state index in [1.165, 1.54) is 16.9 Å². The van der Waals surface area contributed by atoms with Crippen LogP contribution in [0.1, 0.15) is 17.9 Å². The third-order valence-corrected chi connectivity index (χ3v) is 5.58. The standard InChI is InChI=1S/C20H17N5OS.C2HF3O2/c26-20(25-16-9-14(16)12-4-2-1-3-5-12)22-13-6-7-15-17(8-13)24-19(23-15)18-10-27-11-21-18;3-2(4,5)1(6)7/h1-8,10-11,14,16H,9H2,(H,23,24)(H2,22,25,26);(H,6,7). The van der Waals surface area contributed by atoms with Gasteiger partial charge in [0.2, 0.25) is 0 Å². The van der Waals surface area contributed by atoms with Crippen molar-refractivity contribution < 1.29 is 27.9 Å². The van der Waals surface area contributed by atoms with Gasteiger partial charge in [-0.3, -0.25) is 0 Å². The first kappa shape index (κ1) is 23.2. The van der Waals surface area contributed by atoms with Crippen molar-refractivity contribution in [2.75, 3.05) is 5.32 Å². The summed E-state index contributed by atoms with van der Waals surface area (Å²) in [6, 6.07) is 15.9. The number of H-pyrrole nitrogens is 1. The number of carbonyl (C=O) groups excluding carboxylic acids is 1. The SMILES string of the molecule is O=C(Nc1ccc2[nH]c(-c3cscn3)nc2c1)NC1CC1c1ccccc1.O=C(O)C(F)(F)F. The highest BCUT2D eigenvalue weighted by Gasteiger charge is 2.39. The number of halogens is 3. The maximum atomic E-state index is 12.3. The van der Waals surface area contributed by atoms with E-state index in [1.807, 2.05) is 41.8 Å². The molecule has 176 valence electrons. The van der Waals surface area contributed by atoms with Crippen LogP contribution in [0.2, 0.25) is 0 Å². The Balaban J connectivity index is 0.000000344. The molecule has 0 bridgehead atoms. The number of alkyl halides is 3. The van der Waals surface area contributed by atoms with Gasteiger partial charge < -0.3 is 20.7 Å². The maximum absolute atomic E-state index is 12.3. The number of hydrogen-bond acceptors (Lipinski definition) is 5. The van der Waals surface area contributed by atoms with Crippen LogP contribution in [0.3, 0.4) is 0 Å². The number of imidazole rings is 1. The molecule has 0 aliphatic heterocycles. The number of carboxylic acids is 1. The Bertz CT molecular complexity index is 1290. The number of anilines is 1. The number of fused-ring (bicyclic) bond motifs is 1. The lowest BCUT2D eigenvalue weighted by Crippen LogP contribution is -2.31. The van der Waals surface area contributed by atoms with Crippen LogP contribution in [0.25, 0.3) is 22.6 Å². The van der Waals surface area contributed by atoms with Crippen LogP contribution < -0.4 is 10.6 Å². The predicted molar refractivity (Wildman–Crippen MR) is 121 cm³/mol. The lowest BCUT2D eigenvalue weighted by atomic mass is 10.1. The maximum Gasteiger partial charge on any atom is 0.490 e. The number of thiazole rings is 1. The van der Waals surface area contributed by atoms with Gasteiger partial charge in [0, 0.05) is 23.0 Å². The van der Waals surface area contributed by atoms with Crippen LogP contribution in [-0.2, 0) is 4.79 Å². The van der Waals surface area contributed by atoms with E-state index in [-0.39, 0.29) is 12.1 Å². The molecule has 8 nitrogen and oxygen atoms in total. The van der Waals surface area contributed by atoms with E-state index in [1.54, 1.807) is 5.51 Å². The first-order valence-electron chi connectivity index (χ1n) is 10.0. The number of carboxylic acid groups (broad SMARTS) is 1. The molecular weight excluding hydrogens is 471 g/mol. The zero-order valence-corrected chi connectivity index (χ0v) is 18.2. The molecule has 4 aromatic rings. The van der Waals surface area contributed by atoms with Crippen molar-refractivity contribution in [1.29, 1.82) is 0 Å². The molecule has 1 aliphatic carbocycles. The van der Waals surface area contributed by atoms with Crippen molar-refractivity contribution in [3.63, 3.8) is 0 Å². The molecule has 0 spiro atoms. The fourth-order valence-corrected chi connectivity index (χ4v) is 3.83. The first-order valence-corrected chi connectivity index (χ1v) is 11.0. The van der Waals surface area contributed by atoms with E-state index >= 15 is 0 Å². The molecule has 2 aromatic carbocycles. The lowest BCUT2D eigenvalue weighted by molar-refractivity contribution is -0.192. The molecule has 2 aromatic heterocycles. The second-order valence-electron chi connectivity index (χ2n) is 7.45. The van der Waals surface area contributed by atoms with Gasteiger partial charge in [-0.2, -0.15) is 13.2 Å². The summed E-state index contributed by atoms with van der Waals surface area (Å²) in [7, 11) is 0. The summed E-state index contributed by atoms with van der Waals surface area (Å²) in [5.74, 6) is -1.62. The van der Waals surface area contributed by atoms with Crippen molar-refractivity contribution in [2.45, 2.75) is 24.6 Å². The third-order valence-electron chi connectivity index (χ3n) is 4.99. The molecule has 2 amide bonds. The van der Waals surface area contributed by atoms with Gasteiger partial charge in [-0.05, 0) is 30.2 Å². The molecule has 2 unspecified atom stereocenters. The molecule has 12 heteroatoms. The first-order chi connectivity index (χ1) is 16.2. The lowest BCUT2D eigenvalue weighted by Gasteiger charge is -2.07. The van der Waals surface area contributed by atoms with E-state index in [2.05, 4.69) is 37.7 Å². The Hall–Kier alpha value is -3.93. The zero-order valence-electron chi connectivity index (χ0n) is 17.3. The number of nitrogens with zero attached hydrogens (tertiary/aromatic N) is 2. The molecule has 1 aliphatic rings. The number of rotatable bonds is 4. The van der Waals surface area contributed by atoms with E-state index < -0.39 is 12.1 Å². The molecule has 4 N–H and O–H groups in total. The van der Waals surface area contributed by atoms with E-state index in [9.17, 15) is 18.0 Å². The van der Waals surface area contributed by atoms with Crippen LogP contribution in [0, 0.1) is 0 Å². The van der Waals surface area contributed by atoms with Crippen molar-refractivity contribution in [2.24, 2.45) is 0 Å². The second kappa shape index (κ2) is 9.51. The Morgan fingerprint density at radius 2 is 1.88 bits per heavy atom. The topological polar surface area (TPSA) is 120 Å². The number of nitrogens with one attached hydrogen (secondary N) is 3. The zero-order chi connectivity index (χ0) is 24.3. The predicted octanol–water partition coefficient (Wildman–Crippen LogP) is 5.00. The van der Waals surface area contributed by atoms with Gasteiger partial charge >= 0.3 is 18.2 Å². The van der Waals surface area contributed by atoms with Crippen molar-refractivity contribution in [1.82, 2.24) is 20.3 Å². The molecule has 0 saturated heterocycles. The molecule has 5 rings (SSSR count). The minimum atomic E-state index is -5.08. The Morgan fingerprint density at radius 1 is 1.15 bits per heavy atom. The quantitative estimate of drug-likeness (QED) is 0.322. The number of aliphatic carboxylic acids is 1. The number of aromatic amines is 1.